The monoisotopic (exact) mass is 522 g/mol. The molecular weight excluding hydrogens is 492 g/mol. The number of hydrogen-bond acceptors (Lipinski definition) is 7. The van der Waals surface area contributed by atoms with Crippen LogP contribution in [0.25, 0.3) is 11.1 Å². The van der Waals surface area contributed by atoms with E-state index in [2.05, 4.69) is 9.88 Å². The average molecular weight is 523 g/mol. The first-order valence-electron chi connectivity index (χ1n) is 12.3. The highest BCUT2D eigenvalue weighted by Crippen LogP contribution is 2.23. The molecule has 0 amide bonds. The average Bonchev–Trinajstić information content (AvgIpc) is 3.34. The second-order valence-corrected chi connectivity index (χ2v) is 10.7. The lowest BCUT2D eigenvalue weighted by atomic mass is 10.2. The zero-order valence-electron chi connectivity index (χ0n) is 20.5. The van der Waals surface area contributed by atoms with Crippen LogP contribution in [0.3, 0.4) is 0 Å². The number of fused-ring (bicyclic) bond motifs is 1. The fourth-order valence-electron chi connectivity index (χ4n) is 4.06. The Morgan fingerprint density at radius 2 is 1.57 bits per heavy atom. The zero-order valence-corrected chi connectivity index (χ0v) is 21.3. The quantitative estimate of drug-likeness (QED) is 0.218. The molecule has 0 unspecified atom stereocenters. The van der Waals surface area contributed by atoms with Crippen molar-refractivity contribution in [3.05, 3.63) is 84.4 Å². The summed E-state index contributed by atoms with van der Waals surface area (Å²) in [5, 5.41) is 9.32. The predicted molar refractivity (Wildman–Crippen MR) is 142 cm³/mol. The number of aromatic carboxylic acids is 1. The summed E-state index contributed by atoms with van der Waals surface area (Å²) in [5.41, 5.74) is 1.31. The summed E-state index contributed by atoms with van der Waals surface area (Å²) in [5.74, 6) is -0.531. The van der Waals surface area contributed by atoms with E-state index in [0.29, 0.717) is 44.1 Å². The number of carboxylic acid groups (broad SMARTS) is 1. The van der Waals surface area contributed by atoms with Crippen LogP contribution in [0.2, 0.25) is 0 Å². The number of anilines is 1. The van der Waals surface area contributed by atoms with Gasteiger partial charge in [0.15, 0.2) is 15.4 Å². The fourth-order valence-corrected chi connectivity index (χ4v) is 5.64. The molecule has 0 spiro atoms. The Morgan fingerprint density at radius 3 is 2.35 bits per heavy atom. The predicted octanol–water partition coefficient (Wildman–Crippen LogP) is 5.45. The number of aromatic nitrogens is 1. The number of sulfone groups is 1. The number of hydrogen-bond donors (Lipinski definition) is 1. The number of unbranched alkanes of at least 4 members (excludes halogenated alkanes) is 2. The summed E-state index contributed by atoms with van der Waals surface area (Å²) in [7, 11) is -3.69. The third kappa shape index (κ3) is 7.10. The van der Waals surface area contributed by atoms with Crippen molar-refractivity contribution < 1.29 is 27.5 Å². The van der Waals surface area contributed by atoms with Crippen molar-refractivity contribution in [3.63, 3.8) is 0 Å². The molecular formula is C28H30N2O6S. The molecule has 0 fully saturated rings. The summed E-state index contributed by atoms with van der Waals surface area (Å²) < 4.78 is 37.3. The Kier molecular flexibility index (Phi) is 8.79. The molecule has 0 radical (unpaired) electrons. The molecule has 194 valence electrons. The molecule has 0 saturated carbocycles. The van der Waals surface area contributed by atoms with E-state index in [1.54, 1.807) is 6.07 Å². The van der Waals surface area contributed by atoms with E-state index >= 15 is 0 Å². The molecule has 4 rings (SSSR count). The fraction of sp³-hybridized carbons (Fsp3) is 0.286. The first kappa shape index (κ1) is 26.2. The number of nitrogens with zero attached hydrogens (tertiary/aromatic N) is 2. The minimum absolute atomic E-state index is 0.106. The van der Waals surface area contributed by atoms with Crippen molar-refractivity contribution in [2.24, 2.45) is 0 Å². The van der Waals surface area contributed by atoms with Crippen LogP contribution in [-0.4, -0.2) is 49.9 Å². The van der Waals surface area contributed by atoms with Crippen LogP contribution < -0.4 is 9.64 Å². The standard InChI is InChI=1S/C28H30N2O6S/c31-27(32)23-14-5-8-17-26(23)37(33,34)21-10-2-9-18-30(19-11-20-35-22-12-3-1-4-13-22)28-29-24-15-6-7-16-25(24)36-28/h1,3-8,12-17H,2,9-11,18-21H2,(H,31,32). The van der Waals surface area contributed by atoms with E-state index in [1.165, 1.54) is 18.2 Å². The molecule has 1 heterocycles. The minimum Gasteiger partial charge on any atom is -0.494 e. The van der Waals surface area contributed by atoms with E-state index in [9.17, 15) is 18.3 Å². The molecule has 0 bridgehead atoms. The second-order valence-electron chi connectivity index (χ2n) is 8.65. The van der Waals surface area contributed by atoms with Crippen LogP contribution in [0.4, 0.5) is 6.01 Å². The molecule has 0 aliphatic carbocycles. The third-order valence-corrected chi connectivity index (χ3v) is 7.78. The molecule has 0 aliphatic rings. The van der Waals surface area contributed by atoms with Crippen LogP contribution in [-0.2, 0) is 9.84 Å². The number of para-hydroxylation sites is 3. The van der Waals surface area contributed by atoms with Gasteiger partial charge in [0, 0.05) is 13.1 Å². The molecule has 0 atom stereocenters. The van der Waals surface area contributed by atoms with Gasteiger partial charge in [-0.15, -0.1) is 0 Å². The molecule has 1 N–H and O–H groups in total. The van der Waals surface area contributed by atoms with Gasteiger partial charge < -0.3 is 19.2 Å². The molecule has 3 aromatic carbocycles. The molecule has 0 aliphatic heterocycles. The van der Waals surface area contributed by atoms with Crippen molar-refractivity contribution in [1.82, 2.24) is 4.98 Å². The van der Waals surface area contributed by atoms with Crippen molar-refractivity contribution in [3.8, 4) is 5.75 Å². The number of ether oxygens (including phenoxy) is 1. The number of carbonyl (C=O) groups is 1. The Balaban J connectivity index is 1.32. The number of benzene rings is 3. The van der Waals surface area contributed by atoms with Crippen LogP contribution in [0.5, 0.6) is 5.75 Å². The number of oxazole rings is 1. The Morgan fingerprint density at radius 1 is 0.865 bits per heavy atom. The van der Waals surface area contributed by atoms with Crippen LogP contribution >= 0.6 is 0 Å². The van der Waals surface area contributed by atoms with Crippen LogP contribution in [0.15, 0.2) is 88.2 Å². The summed E-state index contributed by atoms with van der Waals surface area (Å²) in [6.45, 7) is 1.86. The Labute approximate surface area is 216 Å². The SMILES string of the molecule is O=C(O)c1ccccc1S(=O)(=O)CCCCCN(CCCOc1ccccc1)c1nc2ccccc2o1. The van der Waals surface area contributed by atoms with E-state index in [1.807, 2.05) is 54.6 Å². The summed E-state index contributed by atoms with van der Waals surface area (Å²) in [6.07, 6.45) is 2.57. The summed E-state index contributed by atoms with van der Waals surface area (Å²) >= 11 is 0. The molecule has 1 aromatic heterocycles. The maximum Gasteiger partial charge on any atom is 0.337 e. The molecule has 8 nitrogen and oxygen atoms in total. The molecule has 9 heteroatoms. The minimum atomic E-state index is -3.69. The number of carboxylic acids is 1. The van der Waals surface area contributed by atoms with Gasteiger partial charge in [-0.3, -0.25) is 0 Å². The first-order valence-corrected chi connectivity index (χ1v) is 13.9. The van der Waals surface area contributed by atoms with Crippen LogP contribution in [0.1, 0.15) is 36.0 Å². The molecule has 4 aromatic rings. The second kappa shape index (κ2) is 12.4. The van der Waals surface area contributed by atoms with Gasteiger partial charge in [0.2, 0.25) is 0 Å². The molecule has 0 saturated heterocycles. The van der Waals surface area contributed by atoms with E-state index < -0.39 is 15.8 Å². The van der Waals surface area contributed by atoms with Crippen molar-refractivity contribution in [2.75, 3.05) is 30.3 Å². The van der Waals surface area contributed by atoms with Gasteiger partial charge in [-0.05, 0) is 55.7 Å². The van der Waals surface area contributed by atoms with Crippen molar-refractivity contribution in [1.29, 1.82) is 0 Å². The maximum absolute atomic E-state index is 12.8. The van der Waals surface area contributed by atoms with Gasteiger partial charge in [0.25, 0.3) is 6.01 Å². The Hall–Kier alpha value is -3.85. The van der Waals surface area contributed by atoms with E-state index in [-0.39, 0.29) is 16.2 Å². The number of rotatable bonds is 14. The summed E-state index contributed by atoms with van der Waals surface area (Å²) in [4.78, 5) is 18.0. The van der Waals surface area contributed by atoms with Gasteiger partial charge in [-0.25, -0.2) is 13.2 Å². The molecule has 37 heavy (non-hydrogen) atoms. The van der Waals surface area contributed by atoms with Gasteiger partial charge in [0.05, 0.1) is 22.8 Å². The van der Waals surface area contributed by atoms with Gasteiger partial charge in [-0.1, -0.05) is 48.9 Å². The highest BCUT2D eigenvalue weighted by molar-refractivity contribution is 7.91. The van der Waals surface area contributed by atoms with Gasteiger partial charge in [-0.2, -0.15) is 4.98 Å². The largest absolute Gasteiger partial charge is 0.494 e. The zero-order chi connectivity index (χ0) is 26.1. The topological polar surface area (TPSA) is 110 Å². The van der Waals surface area contributed by atoms with Crippen molar-refractivity contribution >= 4 is 32.9 Å². The van der Waals surface area contributed by atoms with Gasteiger partial charge in [0.1, 0.15) is 11.3 Å². The van der Waals surface area contributed by atoms with Crippen LogP contribution in [0, 0.1) is 0 Å². The highest BCUT2D eigenvalue weighted by atomic mass is 32.2. The first-order chi connectivity index (χ1) is 17.9. The lowest BCUT2D eigenvalue weighted by Crippen LogP contribution is -2.27. The third-order valence-electron chi connectivity index (χ3n) is 5.93. The van der Waals surface area contributed by atoms with Crippen molar-refractivity contribution in [2.45, 2.75) is 30.6 Å². The smallest absolute Gasteiger partial charge is 0.337 e. The Bertz CT molecular complexity index is 1390. The lowest BCUT2D eigenvalue weighted by molar-refractivity contribution is 0.0692. The van der Waals surface area contributed by atoms with E-state index in [4.69, 9.17) is 9.15 Å². The summed E-state index contributed by atoms with van der Waals surface area (Å²) in [6, 6.07) is 23.5. The van der Waals surface area contributed by atoms with E-state index in [0.717, 1.165) is 24.1 Å². The lowest BCUT2D eigenvalue weighted by Gasteiger charge is -2.20. The highest BCUT2D eigenvalue weighted by Gasteiger charge is 2.21. The maximum atomic E-state index is 12.8. The van der Waals surface area contributed by atoms with Gasteiger partial charge >= 0.3 is 5.97 Å². The normalized spacial score (nSPS) is 11.5.